The predicted octanol–water partition coefficient (Wildman–Crippen LogP) is 1.93. The number of para-hydroxylation sites is 1. The fourth-order valence-electron chi connectivity index (χ4n) is 2.85. The van der Waals surface area contributed by atoms with Crippen molar-refractivity contribution in [1.29, 1.82) is 0 Å². The van der Waals surface area contributed by atoms with Crippen molar-refractivity contribution in [1.82, 2.24) is 15.1 Å². The number of aromatic nitrogens is 2. The Balaban J connectivity index is 1.85. The van der Waals surface area contributed by atoms with Crippen LogP contribution in [0.3, 0.4) is 0 Å². The molecule has 0 aliphatic carbocycles. The summed E-state index contributed by atoms with van der Waals surface area (Å²) < 4.78 is 24.4. The van der Waals surface area contributed by atoms with E-state index < -0.39 is 34.2 Å². The van der Waals surface area contributed by atoms with E-state index in [1.54, 1.807) is 30.3 Å². The van der Waals surface area contributed by atoms with E-state index in [-0.39, 0.29) is 16.5 Å². The van der Waals surface area contributed by atoms with Gasteiger partial charge >= 0.3 is 5.97 Å². The molecule has 1 atom stereocenters. The zero-order valence-electron chi connectivity index (χ0n) is 15.9. The third kappa shape index (κ3) is 4.84. The average molecular weight is 429 g/mol. The minimum Gasteiger partial charge on any atom is -0.493 e. The Bertz CT molecular complexity index is 1170. The molecule has 3 N–H and O–H groups in total. The fourth-order valence-corrected chi connectivity index (χ4v) is 3.48. The number of rotatable bonds is 7. The van der Waals surface area contributed by atoms with Gasteiger partial charge in [0.25, 0.3) is 5.91 Å². The number of benzene rings is 2. The van der Waals surface area contributed by atoms with Gasteiger partial charge in [-0.15, -0.1) is 0 Å². The van der Waals surface area contributed by atoms with Gasteiger partial charge in [-0.25, -0.2) is 13.1 Å². The molecule has 0 bridgehead atoms. The normalized spacial score (nSPS) is 12.3. The lowest BCUT2D eigenvalue weighted by Gasteiger charge is -2.17. The number of sulfone groups is 1. The molecule has 0 aliphatic heterocycles. The van der Waals surface area contributed by atoms with E-state index in [1.165, 1.54) is 35.0 Å². The highest BCUT2D eigenvalue weighted by Gasteiger charge is 2.22. The molecule has 1 amide bonds. The highest BCUT2D eigenvalue weighted by Crippen LogP contribution is 2.22. The maximum Gasteiger partial charge on any atom is 0.305 e. The second kappa shape index (κ2) is 8.37. The first-order valence-electron chi connectivity index (χ1n) is 8.82. The molecule has 156 valence electrons. The van der Waals surface area contributed by atoms with Gasteiger partial charge in [0.2, 0.25) is 5.88 Å². The first kappa shape index (κ1) is 21.1. The molecule has 0 aliphatic rings. The number of hydrogen-bond acceptors (Lipinski definition) is 6. The van der Waals surface area contributed by atoms with Gasteiger partial charge in [0.15, 0.2) is 15.5 Å². The van der Waals surface area contributed by atoms with Crippen LogP contribution < -0.4 is 5.32 Å². The molecule has 1 heterocycles. The van der Waals surface area contributed by atoms with Gasteiger partial charge in [0.1, 0.15) is 0 Å². The van der Waals surface area contributed by atoms with Crippen molar-refractivity contribution >= 4 is 21.7 Å². The Morgan fingerprint density at radius 1 is 1.10 bits per heavy atom. The standard InChI is InChI=1S/C20H19N3O6S/c1-30(28,29)15-9-7-13(8-10-15)16(12-19(25)26)21-20(27)17-11-18(24)23(22-17)14-5-3-2-4-6-14/h2-11,16,24H,12H2,1H3,(H,21,27)(H,25,26). The number of amides is 1. The summed E-state index contributed by atoms with van der Waals surface area (Å²) >= 11 is 0. The molecule has 9 nitrogen and oxygen atoms in total. The van der Waals surface area contributed by atoms with Gasteiger partial charge in [-0.3, -0.25) is 9.59 Å². The Labute approximate surface area is 172 Å². The van der Waals surface area contributed by atoms with Crippen LogP contribution in [-0.4, -0.2) is 46.5 Å². The maximum absolute atomic E-state index is 12.6. The molecule has 10 heteroatoms. The number of hydrogen-bond donors (Lipinski definition) is 3. The maximum atomic E-state index is 12.6. The van der Waals surface area contributed by atoms with E-state index in [4.69, 9.17) is 0 Å². The molecule has 3 rings (SSSR count). The van der Waals surface area contributed by atoms with Crippen LogP contribution in [0.4, 0.5) is 0 Å². The van der Waals surface area contributed by atoms with Crippen LogP contribution in [0.5, 0.6) is 5.88 Å². The lowest BCUT2D eigenvalue weighted by atomic mass is 10.0. The van der Waals surface area contributed by atoms with Gasteiger partial charge in [-0.05, 0) is 29.8 Å². The monoisotopic (exact) mass is 429 g/mol. The summed E-state index contributed by atoms with van der Waals surface area (Å²) in [5, 5.41) is 26.0. The molecular formula is C20H19N3O6S. The fraction of sp³-hybridized carbons (Fsp3) is 0.150. The van der Waals surface area contributed by atoms with Crippen molar-refractivity contribution < 1.29 is 28.2 Å². The smallest absolute Gasteiger partial charge is 0.305 e. The van der Waals surface area contributed by atoms with Crippen LogP contribution in [0.2, 0.25) is 0 Å². The quantitative estimate of drug-likeness (QED) is 0.521. The zero-order chi connectivity index (χ0) is 21.9. The molecule has 3 aromatic rings. The molecule has 2 aromatic carbocycles. The Hall–Kier alpha value is -3.66. The lowest BCUT2D eigenvalue weighted by Crippen LogP contribution is -2.30. The first-order valence-corrected chi connectivity index (χ1v) is 10.7. The molecule has 0 saturated heterocycles. The highest BCUT2D eigenvalue weighted by molar-refractivity contribution is 7.90. The summed E-state index contributed by atoms with van der Waals surface area (Å²) in [6, 6.07) is 14.5. The largest absolute Gasteiger partial charge is 0.493 e. The SMILES string of the molecule is CS(=O)(=O)c1ccc(C(CC(=O)O)NC(=O)c2cc(O)n(-c3ccccc3)n2)cc1. The summed E-state index contributed by atoms with van der Waals surface area (Å²) in [4.78, 5) is 24.0. The summed E-state index contributed by atoms with van der Waals surface area (Å²) in [6.45, 7) is 0. The number of carboxylic acids is 1. The molecule has 0 spiro atoms. The topological polar surface area (TPSA) is 139 Å². The second-order valence-electron chi connectivity index (χ2n) is 6.60. The molecular weight excluding hydrogens is 410 g/mol. The van der Waals surface area contributed by atoms with Crippen LogP contribution in [0.15, 0.2) is 65.6 Å². The number of carbonyl (C=O) groups excluding carboxylic acids is 1. The van der Waals surface area contributed by atoms with E-state index >= 15 is 0 Å². The highest BCUT2D eigenvalue weighted by atomic mass is 32.2. The summed E-state index contributed by atoms with van der Waals surface area (Å²) in [6.07, 6.45) is 0.642. The van der Waals surface area contributed by atoms with Crippen LogP contribution in [0.25, 0.3) is 5.69 Å². The third-order valence-corrected chi connectivity index (χ3v) is 5.45. The molecule has 0 fully saturated rings. The molecule has 30 heavy (non-hydrogen) atoms. The van der Waals surface area contributed by atoms with Gasteiger partial charge in [0.05, 0.1) is 23.0 Å². The Morgan fingerprint density at radius 3 is 2.30 bits per heavy atom. The molecule has 1 unspecified atom stereocenters. The number of carbonyl (C=O) groups is 2. The molecule has 0 saturated carbocycles. The lowest BCUT2D eigenvalue weighted by molar-refractivity contribution is -0.137. The number of aliphatic carboxylic acids is 1. The average Bonchev–Trinajstić information content (AvgIpc) is 3.09. The number of carboxylic acid groups (broad SMARTS) is 1. The van der Waals surface area contributed by atoms with Crippen molar-refractivity contribution in [3.05, 3.63) is 71.9 Å². The first-order chi connectivity index (χ1) is 14.1. The summed E-state index contributed by atoms with van der Waals surface area (Å²) in [5.74, 6) is -2.08. The Kier molecular flexibility index (Phi) is 5.88. The molecule has 1 aromatic heterocycles. The van der Waals surface area contributed by atoms with E-state index in [0.717, 1.165) is 6.26 Å². The van der Waals surface area contributed by atoms with Gasteiger partial charge in [-0.2, -0.15) is 5.10 Å². The van der Waals surface area contributed by atoms with Crippen LogP contribution in [0.1, 0.15) is 28.5 Å². The van der Waals surface area contributed by atoms with Crippen LogP contribution in [-0.2, 0) is 14.6 Å². The van der Waals surface area contributed by atoms with Crippen molar-refractivity contribution in [3.8, 4) is 11.6 Å². The van der Waals surface area contributed by atoms with Crippen molar-refractivity contribution in [3.63, 3.8) is 0 Å². The van der Waals surface area contributed by atoms with E-state index in [2.05, 4.69) is 10.4 Å². The third-order valence-electron chi connectivity index (χ3n) is 4.32. The Morgan fingerprint density at radius 2 is 1.73 bits per heavy atom. The number of nitrogens with one attached hydrogen (secondary N) is 1. The number of nitrogens with zero attached hydrogens (tertiary/aromatic N) is 2. The van der Waals surface area contributed by atoms with E-state index in [9.17, 15) is 28.2 Å². The minimum atomic E-state index is -3.41. The molecule has 0 radical (unpaired) electrons. The van der Waals surface area contributed by atoms with E-state index in [0.29, 0.717) is 11.3 Å². The van der Waals surface area contributed by atoms with Crippen molar-refractivity contribution in [2.24, 2.45) is 0 Å². The van der Waals surface area contributed by atoms with Gasteiger partial charge in [-0.1, -0.05) is 30.3 Å². The number of aromatic hydroxyl groups is 1. The second-order valence-corrected chi connectivity index (χ2v) is 8.62. The van der Waals surface area contributed by atoms with Crippen molar-refractivity contribution in [2.45, 2.75) is 17.4 Å². The van der Waals surface area contributed by atoms with Crippen molar-refractivity contribution in [2.75, 3.05) is 6.26 Å². The van der Waals surface area contributed by atoms with Crippen LogP contribution >= 0.6 is 0 Å². The predicted molar refractivity (Wildman–Crippen MR) is 107 cm³/mol. The minimum absolute atomic E-state index is 0.0816. The van der Waals surface area contributed by atoms with Gasteiger partial charge in [0, 0.05) is 12.3 Å². The zero-order valence-corrected chi connectivity index (χ0v) is 16.7. The van der Waals surface area contributed by atoms with Crippen LogP contribution in [0, 0.1) is 0 Å². The van der Waals surface area contributed by atoms with Gasteiger partial charge < -0.3 is 15.5 Å². The van der Waals surface area contributed by atoms with E-state index in [1.807, 2.05) is 0 Å². The summed E-state index contributed by atoms with van der Waals surface area (Å²) in [7, 11) is -3.41. The summed E-state index contributed by atoms with van der Waals surface area (Å²) in [5.41, 5.74) is 0.872.